The summed E-state index contributed by atoms with van der Waals surface area (Å²) in [6.07, 6.45) is -0.669. The fourth-order valence-corrected chi connectivity index (χ4v) is 2.78. The van der Waals surface area contributed by atoms with Crippen LogP contribution in [0.4, 0.5) is 0 Å². The van der Waals surface area contributed by atoms with E-state index in [-0.39, 0.29) is 11.8 Å². The number of rotatable bonds is 3. The van der Waals surface area contributed by atoms with E-state index in [1.165, 1.54) is 18.9 Å². The third-order valence-corrected chi connectivity index (χ3v) is 3.97. The Morgan fingerprint density at radius 3 is 2.52 bits per heavy atom. The molecule has 6 nitrogen and oxygen atoms in total. The number of amides is 1. The minimum absolute atomic E-state index is 0.210. The number of halogens is 1. The lowest BCUT2D eigenvalue weighted by Gasteiger charge is -2.19. The van der Waals surface area contributed by atoms with Gasteiger partial charge in [-0.2, -0.15) is 5.01 Å². The maximum Gasteiger partial charge on any atom is 0.308 e. The summed E-state index contributed by atoms with van der Waals surface area (Å²) in [6, 6.07) is 14.4. The van der Waals surface area contributed by atoms with Crippen LogP contribution in [0.3, 0.4) is 0 Å². The number of ether oxygens (including phenoxy) is 2. The summed E-state index contributed by atoms with van der Waals surface area (Å²) in [7, 11) is 0. The summed E-state index contributed by atoms with van der Waals surface area (Å²) in [6.45, 7) is 2.73. The van der Waals surface area contributed by atoms with Crippen LogP contribution in [0.2, 0.25) is 0 Å². The second-order valence-corrected chi connectivity index (χ2v) is 6.30. The molecule has 0 aliphatic carbocycles. The zero-order chi connectivity index (χ0) is 18.0. The van der Waals surface area contributed by atoms with Crippen molar-refractivity contribution in [1.82, 2.24) is 5.01 Å². The molecule has 1 aliphatic heterocycles. The molecule has 2 aromatic rings. The molecule has 2 aromatic carbocycles. The van der Waals surface area contributed by atoms with Gasteiger partial charge in [0, 0.05) is 23.9 Å². The molecule has 1 aliphatic rings. The molecule has 7 heteroatoms. The van der Waals surface area contributed by atoms with E-state index < -0.39 is 12.2 Å². The SMILES string of the molecule is CC(=O)Oc1ccc(Br)cc1C1=NN(C(C)=O)[C@@H](c2ccccc2)O1. The van der Waals surface area contributed by atoms with E-state index in [1.54, 1.807) is 18.2 Å². The highest BCUT2D eigenvalue weighted by molar-refractivity contribution is 9.10. The molecule has 0 radical (unpaired) electrons. The number of carbonyl (C=O) groups is 2. The standard InChI is InChI=1S/C18H15BrN2O4/c1-11(22)21-18(13-6-4-3-5-7-13)25-17(20-21)15-10-14(19)8-9-16(15)24-12(2)23/h3-10,18H,1-2H3/t18-/m1/s1. The van der Waals surface area contributed by atoms with E-state index in [1.807, 2.05) is 30.3 Å². The molecule has 0 unspecified atom stereocenters. The fraction of sp³-hybridized carbons (Fsp3) is 0.167. The molecule has 1 atom stereocenters. The first-order valence-electron chi connectivity index (χ1n) is 7.54. The smallest absolute Gasteiger partial charge is 0.308 e. The van der Waals surface area contributed by atoms with Gasteiger partial charge in [-0.25, -0.2) is 0 Å². The zero-order valence-electron chi connectivity index (χ0n) is 13.6. The van der Waals surface area contributed by atoms with Crippen molar-refractivity contribution in [2.24, 2.45) is 5.10 Å². The minimum Gasteiger partial charge on any atom is -0.446 e. The quantitative estimate of drug-likeness (QED) is 0.580. The summed E-state index contributed by atoms with van der Waals surface area (Å²) in [5, 5.41) is 5.56. The summed E-state index contributed by atoms with van der Waals surface area (Å²) in [5.74, 6) is -0.189. The van der Waals surface area contributed by atoms with Crippen molar-refractivity contribution in [3.05, 3.63) is 64.1 Å². The van der Waals surface area contributed by atoms with Gasteiger partial charge in [-0.05, 0) is 18.2 Å². The lowest BCUT2D eigenvalue weighted by molar-refractivity contribution is -0.135. The van der Waals surface area contributed by atoms with Crippen LogP contribution in [-0.4, -0.2) is 22.8 Å². The summed E-state index contributed by atoms with van der Waals surface area (Å²) in [5.41, 5.74) is 1.27. The predicted molar refractivity (Wildman–Crippen MR) is 94.8 cm³/mol. The molecule has 25 heavy (non-hydrogen) atoms. The maximum absolute atomic E-state index is 12.0. The summed E-state index contributed by atoms with van der Waals surface area (Å²) < 4.78 is 11.9. The largest absolute Gasteiger partial charge is 0.446 e. The average Bonchev–Trinajstić information content (AvgIpc) is 3.02. The lowest BCUT2D eigenvalue weighted by atomic mass is 10.2. The van der Waals surface area contributed by atoms with Crippen molar-refractivity contribution in [2.45, 2.75) is 20.1 Å². The molecule has 1 heterocycles. The van der Waals surface area contributed by atoms with Crippen molar-refractivity contribution >= 4 is 33.7 Å². The van der Waals surface area contributed by atoms with Crippen LogP contribution in [0.25, 0.3) is 0 Å². The molecule has 128 valence electrons. The molecule has 3 rings (SSSR count). The third kappa shape index (κ3) is 3.71. The number of benzene rings is 2. The number of hydrazone groups is 1. The van der Waals surface area contributed by atoms with Gasteiger partial charge in [-0.3, -0.25) is 9.59 Å². The van der Waals surface area contributed by atoms with Crippen LogP contribution < -0.4 is 4.74 Å². The van der Waals surface area contributed by atoms with Crippen LogP contribution in [0, 0.1) is 0 Å². The lowest BCUT2D eigenvalue weighted by Crippen LogP contribution is -2.25. The molecule has 0 saturated carbocycles. The summed E-state index contributed by atoms with van der Waals surface area (Å²) in [4.78, 5) is 23.3. The van der Waals surface area contributed by atoms with Crippen molar-refractivity contribution in [2.75, 3.05) is 0 Å². The van der Waals surface area contributed by atoms with E-state index in [2.05, 4.69) is 21.0 Å². The van der Waals surface area contributed by atoms with E-state index >= 15 is 0 Å². The van der Waals surface area contributed by atoms with Crippen molar-refractivity contribution in [1.29, 1.82) is 0 Å². The van der Waals surface area contributed by atoms with Gasteiger partial charge in [0.15, 0.2) is 0 Å². The Labute approximate surface area is 153 Å². The van der Waals surface area contributed by atoms with Crippen molar-refractivity contribution < 1.29 is 19.1 Å². The Morgan fingerprint density at radius 2 is 1.88 bits per heavy atom. The van der Waals surface area contributed by atoms with Gasteiger partial charge >= 0.3 is 5.97 Å². The third-order valence-electron chi connectivity index (χ3n) is 3.48. The molecule has 0 fully saturated rings. The molecular formula is C18H15BrN2O4. The van der Waals surface area contributed by atoms with Crippen LogP contribution in [0.1, 0.15) is 31.2 Å². The Hall–Kier alpha value is -2.67. The summed E-state index contributed by atoms with van der Waals surface area (Å²) >= 11 is 3.38. The van der Waals surface area contributed by atoms with Crippen LogP contribution in [0.5, 0.6) is 5.75 Å². The normalized spacial score (nSPS) is 16.2. The van der Waals surface area contributed by atoms with Crippen LogP contribution in [0.15, 0.2) is 58.1 Å². The van der Waals surface area contributed by atoms with Crippen molar-refractivity contribution in [3.8, 4) is 5.75 Å². The molecule has 0 saturated heterocycles. The van der Waals surface area contributed by atoms with Gasteiger partial charge < -0.3 is 9.47 Å². The van der Waals surface area contributed by atoms with Gasteiger partial charge in [0.05, 0.1) is 5.56 Å². The molecule has 0 spiro atoms. The first-order valence-corrected chi connectivity index (χ1v) is 8.33. The van der Waals surface area contributed by atoms with E-state index in [0.717, 1.165) is 10.0 Å². The zero-order valence-corrected chi connectivity index (χ0v) is 15.2. The second-order valence-electron chi connectivity index (χ2n) is 5.38. The highest BCUT2D eigenvalue weighted by Gasteiger charge is 2.34. The van der Waals surface area contributed by atoms with Crippen LogP contribution in [-0.2, 0) is 14.3 Å². The second kappa shape index (κ2) is 7.06. The first kappa shape index (κ1) is 17.2. The minimum atomic E-state index is -0.669. The van der Waals surface area contributed by atoms with Gasteiger partial charge in [-0.1, -0.05) is 46.3 Å². The van der Waals surface area contributed by atoms with Crippen LogP contribution >= 0.6 is 15.9 Å². The Kier molecular flexibility index (Phi) is 4.85. The number of esters is 1. The molecule has 0 bridgehead atoms. The first-order chi connectivity index (χ1) is 12.0. The molecule has 0 N–H and O–H groups in total. The highest BCUT2D eigenvalue weighted by Crippen LogP contribution is 2.33. The van der Waals surface area contributed by atoms with Gasteiger partial charge in [0.25, 0.3) is 0 Å². The number of hydrogen-bond acceptors (Lipinski definition) is 5. The van der Waals surface area contributed by atoms with Crippen molar-refractivity contribution in [3.63, 3.8) is 0 Å². The Bertz CT molecular complexity index is 851. The maximum atomic E-state index is 12.0. The predicted octanol–water partition coefficient (Wildman–Crippen LogP) is 3.61. The monoisotopic (exact) mass is 402 g/mol. The average molecular weight is 403 g/mol. The topological polar surface area (TPSA) is 68.2 Å². The van der Waals surface area contributed by atoms with Gasteiger partial charge in [0.2, 0.25) is 18.0 Å². The van der Waals surface area contributed by atoms with E-state index in [4.69, 9.17) is 9.47 Å². The number of nitrogens with zero attached hydrogens (tertiary/aromatic N) is 2. The molecule has 1 amide bonds. The van der Waals surface area contributed by atoms with Gasteiger partial charge in [0.1, 0.15) is 5.75 Å². The number of hydrogen-bond donors (Lipinski definition) is 0. The van der Waals surface area contributed by atoms with E-state index in [0.29, 0.717) is 11.3 Å². The van der Waals surface area contributed by atoms with E-state index in [9.17, 15) is 9.59 Å². The van der Waals surface area contributed by atoms with Gasteiger partial charge in [-0.15, -0.1) is 5.10 Å². The molecule has 0 aromatic heterocycles. The number of carbonyl (C=O) groups excluding carboxylic acids is 2. The molecular weight excluding hydrogens is 388 g/mol. The fourth-order valence-electron chi connectivity index (χ4n) is 2.42. The Morgan fingerprint density at radius 1 is 1.16 bits per heavy atom. The highest BCUT2D eigenvalue weighted by atomic mass is 79.9. The Balaban J connectivity index is 2.01.